The first-order valence-electron chi connectivity index (χ1n) is 9.30. The number of hydrogen-bond donors (Lipinski definition) is 0. The smallest absolute Gasteiger partial charge is 0.217 e. The lowest BCUT2D eigenvalue weighted by atomic mass is 9.85. The first kappa shape index (κ1) is 18.8. The van der Waals surface area contributed by atoms with Crippen molar-refractivity contribution in [1.29, 1.82) is 0 Å². The number of aliphatic imine (C=N–C) groups is 1. The zero-order valence-corrected chi connectivity index (χ0v) is 17.5. The molecule has 0 aromatic heterocycles. The first-order valence-corrected chi connectivity index (χ1v) is 10.1. The molecule has 0 radical (unpaired) electrons. The van der Waals surface area contributed by atoms with Gasteiger partial charge in [-0.1, -0.05) is 58.4 Å². The molecule has 4 heteroatoms. The van der Waals surface area contributed by atoms with Gasteiger partial charge in [0.15, 0.2) is 0 Å². The summed E-state index contributed by atoms with van der Waals surface area (Å²) in [6.07, 6.45) is 0.776. The molecule has 0 fully saturated rings. The highest BCUT2D eigenvalue weighted by Gasteiger charge is 2.38. The van der Waals surface area contributed by atoms with E-state index in [2.05, 4.69) is 71.4 Å². The number of halogens is 1. The predicted octanol–water partition coefficient (Wildman–Crippen LogP) is 6.28. The zero-order chi connectivity index (χ0) is 19.6. The van der Waals surface area contributed by atoms with Crippen molar-refractivity contribution < 1.29 is 9.47 Å². The van der Waals surface area contributed by atoms with Crippen LogP contribution in [-0.4, -0.2) is 13.0 Å². The largest absolute Gasteiger partial charge is 0.497 e. The van der Waals surface area contributed by atoms with Crippen molar-refractivity contribution in [2.24, 2.45) is 4.99 Å². The van der Waals surface area contributed by atoms with Crippen molar-refractivity contribution in [1.82, 2.24) is 0 Å². The molecule has 142 valence electrons. The number of nitrogens with zero attached hydrogens (tertiary/aromatic N) is 1. The summed E-state index contributed by atoms with van der Waals surface area (Å²) in [6.45, 7) is 2.15. The molecule has 3 nitrogen and oxygen atoms in total. The van der Waals surface area contributed by atoms with E-state index in [0.717, 1.165) is 27.8 Å². The van der Waals surface area contributed by atoms with Crippen LogP contribution in [0.25, 0.3) is 0 Å². The van der Waals surface area contributed by atoms with Gasteiger partial charge >= 0.3 is 0 Å². The van der Waals surface area contributed by atoms with Crippen LogP contribution in [0.15, 0.2) is 88.3 Å². The van der Waals surface area contributed by atoms with Crippen LogP contribution in [0, 0.1) is 0 Å². The van der Waals surface area contributed by atoms with Crippen LogP contribution in [0.2, 0.25) is 0 Å². The lowest BCUT2D eigenvalue weighted by molar-refractivity contribution is 0.0411. The third-order valence-electron chi connectivity index (χ3n) is 5.15. The van der Waals surface area contributed by atoms with Crippen LogP contribution in [-0.2, 0) is 10.3 Å². The summed E-state index contributed by atoms with van der Waals surface area (Å²) in [4.78, 5) is 4.97. The second kappa shape index (κ2) is 7.80. The van der Waals surface area contributed by atoms with Gasteiger partial charge < -0.3 is 9.47 Å². The third-order valence-corrected chi connectivity index (χ3v) is 5.68. The Morgan fingerprint density at radius 2 is 1.64 bits per heavy atom. The summed E-state index contributed by atoms with van der Waals surface area (Å²) in [5.74, 6) is 1.48. The highest BCUT2D eigenvalue weighted by atomic mass is 79.9. The van der Waals surface area contributed by atoms with E-state index < -0.39 is 5.60 Å². The lowest BCUT2D eigenvalue weighted by Crippen LogP contribution is -2.35. The fourth-order valence-corrected chi connectivity index (χ4v) is 3.81. The summed E-state index contributed by atoms with van der Waals surface area (Å²) >= 11 is 3.52. The van der Waals surface area contributed by atoms with Crippen LogP contribution < -0.4 is 4.74 Å². The molecule has 4 rings (SSSR count). The molecule has 0 spiro atoms. The van der Waals surface area contributed by atoms with Gasteiger partial charge in [-0.3, -0.25) is 0 Å². The number of ether oxygens (including phenoxy) is 2. The van der Waals surface area contributed by atoms with Crippen LogP contribution in [0.5, 0.6) is 5.75 Å². The average Bonchev–Trinajstić information content (AvgIpc) is 2.74. The fraction of sp³-hybridized carbons (Fsp3) is 0.208. The van der Waals surface area contributed by atoms with Gasteiger partial charge in [0, 0.05) is 16.5 Å². The Hall–Kier alpha value is -2.59. The summed E-state index contributed by atoms with van der Waals surface area (Å²) in [7, 11) is 1.67. The number of benzene rings is 3. The number of methoxy groups -OCH3 is 1. The van der Waals surface area contributed by atoms with E-state index in [1.807, 2.05) is 30.3 Å². The maximum Gasteiger partial charge on any atom is 0.217 e. The van der Waals surface area contributed by atoms with Gasteiger partial charge in [0.1, 0.15) is 11.4 Å². The molecule has 1 heterocycles. The molecule has 0 saturated carbocycles. The first-order chi connectivity index (χ1) is 13.6. The van der Waals surface area contributed by atoms with Gasteiger partial charge in [-0.15, -0.1) is 0 Å². The van der Waals surface area contributed by atoms with E-state index in [0.29, 0.717) is 5.90 Å². The normalized spacial score (nSPS) is 21.5. The highest BCUT2D eigenvalue weighted by Crippen LogP contribution is 2.42. The van der Waals surface area contributed by atoms with Gasteiger partial charge in [0.2, 0.25) is 5.90 Å². The van der Waals surface area contributed by atoms with E-state index in [1.165, 1.54) is 5.56 Å². The van der Waals surface area contributed by atoms with E-state index in [-0.39, 0.29) is 6.04 Å². The lowest BCUT2D eigenvalue weighted by Gasteiger charge is -2.38. The summed E-state index contributed by atoms with van der Waals surface area (Å²) in [6, 6.07) is 26.6. The molecular formula is C24H22BrNO2. The minimum atomic E-state index is -0.462. The van der Waals surface area contributed by atoms with Crippen molar-refractivity contribution in [2.75, 3.05) is 7.11 Å². The van der Waals surface area contributed by atoms with Crippen molar-refractivity contribution in [3.8, 4) is 5.75 Å². The Kier molecular flexibility index (Phi) is 5.23. The van der Waals surface area contributed by atoms with Gasteiger partial charge in [-0.25, -0.2) is 4.99 Å². The predicted molar refractivity (Wildman–Crippen MR) is 116 cm³/mol. The van der Waals surface area contributed by atoms with E-state index in [1.54, 1.807) is 7.11 Å². The van der Waals surface area contributed by atoms with E-state index in [9.17, 15) is 0 Å². The van der Waals surface area contributed by atoms with Crippen molar-refractivity contribution in [2.45, 2.75) is 25.0 Å². The second-order valence-corrected chi connectivity index (χ2v) is 8.05. The van der Waals surface area contributed by atoms with Crippen molar-refractivity contribution in [3.63, 3.8) is 0 Å². The molecule has 3 aromatic carbocycles. The van der Waals surface area contributed by atoms with Gasteiger partial charge in [0.05, 0.1) is 13.2 Å². The molecule has 0 bridgehead atoms. The second-order valence-electron chi connectivity index (χ2n) is 7.13. The maximum absolute atomic E-state index is 6.49. The van der Waals surface area contributed by atoms with Crippen molar-refractivity contribution in [3.05, 3.63) is 100 Å². The minimum absolute atomic E-state index is 0.0177. The van der Waals surface area contributed by atoms with Crippen LogP contribution >= 0.6 is 15.9 Å². The standard InChI is InChI=1S/C24H22BrNO2/c1-24(19-6-4-3-5-7-19)16-22(17-8-12-20(25)13-9-17)26-23(28-24)18-10-14-21(27-2)15-11-18/h3-15,22H,16H2,1-2H3/t22-,24-/m1/s1. The molecule has 0 saturated heterocycles. The average molecular weight is 436 g/mol. The zero-order valence-electron chi connectivity index (χ0n) is 15.9. The molecule has 3 aromatic rings. The van der Waals surface area contributed by atoms with Crippen molar-refractivity contribution >= 4 is 21.8 Å². The number of hydrogen-bond acceptors (Lipinski definition) is 3. The quantitative estimate of drug-likeness (QED) is 0.482. The molecule has 1 aliphatic rings. The summed E-state index contributed by atoms with van der Waals surface area (Å²) in [5.41, 5.74) is 2.82. The Labute approximate surface area is 174 Å². The SMILES string of the molecule is COc1ccc(C2=N[C@@H](c3ccc(Br)cc3)C[C@](C)(c3ccccc3)O2)cc1. The number of rotatable bonds is 4. The summed E-state index contributed by atoms with van der Waals surface area (Å²) < 4.78 is 12.8. The Balaban J connectivity index is 1.77. The Morgan fingerprint density at radius 1 is 0.964 bits per heavy atom. The molecule has 0 N–H and O–H groups in total. The maximum atomic E-state index is 6.49. The molecule has 1 aliphatic heterocycles. The minimum Gasteiger partial charge on any atom is -0.497 e. The fourth-order valence-electron chi connectivity index (χ4n) is 3.55. The molecular weight excluding hydrogens is 414 g/mol. The van der Waals surface area contributed by atoms with E-state index in [4.69, 9.17) is 14.5 Å². The summed E-state index contributed by atoms with van der Waals surface area (Å²) in [5, 5.41) is 0. The van der Waals surface area contributed by atoms with E-state index >= 15 is 0 Å². The monoisotopic (exact) mass is 435 g/mol. The topological polar surface area (TPSA) is 30.8 Å². The Bertz CT molecular complexity index is 968. The molecule has 28 heavy (non-hydrogen) atoms. The van der Waals surface area contributed by atoms with Gasteiger partial charge in [-0.2, -0.15) is 0 Å². The van der Waals surface area contributed by atoms with Gasteiger partial charge in [-0.05, 0) is 54.4 Å². The molecule has 0 amide bonds. The van der Waals surface area contributed by atoms with Crippen LogP contribution in [0.4, 0.5) is 0 Å². The van der Waals surface area contributed by atoms with Crippen LogP contribution in [0.1, 0.15) is 36.1 Å². The molecule has 2 atom stereocenters. The van der Waals surface area contributed by atoms with Gasteiger partial charge in [0.25, 0.3) is 0 Å². The third kappa shape index (κ3) is 3.83. The highest BCUT2D eigenvalue weighted by molar-refractivity contribution is 9.10. The molecule has 0 aliphatic carbocycles. The Morgan fingerprint density at radius 3 is 2.29 bits per heavy atom. The van der Waals surface area contributed by atoms with Crippen LogP contribution in [0.3, 0.4) is 0 Å². The molecule has 0 unspecified atom stereocenters.